The molecule has 3 N–H and O–H groups in total. The number of carbonyl (C=O) groups is 1. The van der Waals surface area contributed by atoms with Gasteiger partial charge in [0.1, 0.15) is 11.5 Å². The minimum atomic E-state index is -4.50. The van der Waals surface area contributed by atoms with Crippen molar-refractivity contribution in [3.05, 3.63) is 53.6 Å². The quantitative estimate of drug-likeness (QED) is 0.374. The average molecular weight is 404 g/mol. The topological polar surface area (TPSA) is 172 Å². The third-order valence-corrected chi connectivity index (χ3v) is 3.89. The predicted molar refractivity (Wildman–Crippen MR) is 85.8 cm³/mol. The molecule has 2 aromatic carbocycles. The van der Waals surface area contributed by atoms with Gasteiger partial charge in [-0.2, -0.15) is 8.42 Å². The Morgan fingerprint density at radius 1 is 1.04 bits per heavy atom. The van der Waals surface area contributed by atoms with E-state index in [4.69, 9.17) is 23.0 Å². The molecule has 140 valence electrons. The van der Waals surface area contributed by atoms with Crippen LogP contribution in [0.2, 0.25) is 0 Å². The molecule has 10 nitrogen and oxygen atoms in total. The third-order valence-electron chi connectivity index (χ3n) is 3.00. The van der Waals surface area contributed by atoms with E-state index in [1.54, 1.807) is 0 Å². The Bertz CT molecular complexity index is 986. The van der Waals surface area contributed by atoms with Gasteiger partial charge in [0.25, 0.3) is 10.1 Å². The first-order valence-corrected chi connectivity index (χ1v) is 8.97. The van der Waals surface area contributed by atoms with Crippen molar-refractivity contribution in [3.63, 3.8) is 0 Å². The molecule has 0 aliphatic carbocycles. The van der Waals surface area contributed by atoms with Crippen molar-refractivity contribution in [2.24, 2.45) is 0 Å². The van der Waals surface area contributed by atoms with Crippen molar-refractivity contribution in [1.29, 1.82) is 0 Å². The van der Waals surface area contributed by atoms with Crippen LogP contribution in [0.3, 0.4) is 0 Å². The fourth-order valence-electron chi connectivity index (χ4n) is 1.98. The molecule has 0 fully saturated rings. The molecule has 0 spiro atoms. The Kier molecular flexibility index (Phi) is 7.55. The first-order valence-electron chi connectivity index (χ1n) is 6.53. The largest absolute Gasteiger partial charge is 0.478 e. The van der Waals surface area contributed by atoms with Crippen molar-refractivity contribution >= 4 is 26.7 Å². The van der Waals surface area contributed by atoms with Crippen LogP contribution in [0.5, 0.6) is 0 Å². The van der Waals surface area contributed by atoms with Gasteiger partial charge in [0.05, 0.1) is 5.56 Å². The van der Waals surface area contributed by atoms with Gasteiger partial charge in [0, 0.05) is 5.56 Å². The van der Waals surface area contributed by atoms with E-state index >= 15 is 0 Å². The molecule has 0 heterocycles. The maximum atomic E-state index is 11.5. The summed E-state index contributed by atoms with van der Waals surface area (Å²) in [5, 5.41) is 17.3. The van der Waals surface area contributed by atoms with Crippen LogP contribution in [0.15, 0.2) is 47.4 Å². The summed E-state index contributed by atoms with van der Waals surface area (Å²) in [6.45, 7) is -0.235. The van der Waals surface area contributed by atoms with Gasteiger partial charge in [0.2, 0.25) is 0 Å². The van der Waals surface area contributed by atoms with Crippen molar-refractivity contribution in [3.8, 4) is 11.1 Å². The maximum Gasteiger partial charge on any atom is 0.425 e. The van der Waals surface area contributed by atoms with E-state index in [0.717, 1.165) is 0 Å². The van der Waals surface area contributed by atoms with Gasteiger partial charge in [-0.05, 0) is 29.3 Å². The van der Waals surface area contributed by atoms with Crippen LogP contribution in [0.1, 0.15) is 15.9 Å². The molecule has 0 saturated carbocycles. The molecule has 0 aliphatic heterocycles. The van der Waals surface area contributed by atoms with Gasteiger partial charge in [-0.15, -0.1) is 12.6 Å². The lowest BCUT2D eigenvalue weighted by molar-refractivity contribution is -0.253. The van der Waals surface area contributed by atoms with E-state index in [2.05, 4.69) is 4.89 Å². The molecule has 0 saturated heterocycles. The molecule has 0 unspecified atom stereocenters. The Morgan fingerprint density at radius 3 is 2.00 bits per heavy atom. The number of hydrogen-bond acceptors (Lipinski definition) is 8. The van der Waals surface area contributed by atoms with Gasteiger partial charge in [-0.3, -0.25) is 9.81 Å². The normalized spacial score (nSPS) is 10.5. The van der Waals surface area contributed by atoms with Gasteiger partial charge in [0.15, 0.2) is 0 Å². The maximum absolute atomic E-state index is 11.5. The number of hydrogen-bond donors (Lipinski definition) is 3. The lowest BCUT2D eigenvalue weighted by atomic mass is 10.0. The Labute approximate surface area is 149 Å². The van der Waals surface area contributed by atoms with Crippen LogP contribution in [0, 0.1) is 0 Å². The second-order valence-electron chi connectivity index (χ2n) is 4.67. The highest BCUT2D eigenvalue weighted by Crippen LogP contribution is 2.29. The van der Waals surface area contributed by atoms with Crippen molar-refractivity contribution < 1.29 is 45.6 Å². The molecule has 12 heteroatoms. The summed E-state index contributed by atoms with van der Waals surface area (Å²) >= 11 is 0. The molecule has 2 rings (SSSR count). The van der Waals surface area contributed by atoms with E-state index < -0.39 is 26.7 Å². The van der Waals surface area contributed by atoms with E-state index in [-0.39, 0.29) is 22.6 Å². The molecular formula is C14H12O10S2. The van der Waals surface area contributed by atoms with Gasteiger partial charge >= 0.3 is 16.6 Å². The monoisotopic (exact) mass is 404 g/mol. The molecule has 0 atom stereocenters. The van der Waals surface area contributed by atoms with Crippen LogP contribution < -0.4 is 0 Å². The highest BCUT2D eigenvalue weighted by atomic mass is 32.2. The smallest absolute Gasteiger partial charge is 0.425 e. The molecular weight excluding hydrogens is 392 g/mol. The zero-order valence-corrected chi connectivity index (χ0v) is 14.4. The minimum Gasteiger partial charge on any atom is -0.478 e. The van der Waals surface area contributed by atoms with E-state index in [1.807, 2.05) is 0 Å². The summed E-state index contributed by atoms with van der Waals surface area (Å²) in [5.74, 6) is -1.10. The van der Waals surface area contributed by atoms with Gasteiger partial charge in [-0.1, -0.05) is 24.3 Å². The second kappa shape index (κ2) is 9.17. The van der Waals surface area contributed by atoms with E-state index in [1.165, 1.54) is 42.5 Å². The molecule has 0 radical (unpaired) electrons. The van der Waals surface area contributed by atoms with E-state index in [0.29, 0.717) is 11.1 Å². The molecule has 0 amide bonds. The van der Waals surface area contributed by atoms with Crippen molar-refractivity contribution in [1.82, 2.24) is 0 Å². The summed E-state index contributed by atoms with van der Waals surface area (Å²) in [6.07, 6.45) is 0. The van der Waals surface area contributed by atoms with Gasteiger partial charge in [-0.25, -0.2) is 9.68 Å². The first-order chi connectivity index (χ1) is 12.1. The number of aromatic carboxylic acids is 1. The Morgan fingerprint density at radius 2 is 1.58 bits per heavy atom. The fraction of sp³-hybridized carbons (Fsp3) is 0.0714. The van der Waals surface area contributed by atoms with E-state index in [9.17, 15) is 17.8 Å². The minimum absolute atomic E-state index is 0.0578. The van der Waals surface area contributed by atoms with Crippen LogP contribution in [-0.4, -0.2) is 41.9 Å². The molecule has 0 aliphatic rings. The Hall–Kier alpha value is -2.64. The lowest BCUT2D eigenvalue weighted by Crippen LogP contribution is -2.03. The summed E-state index contributed by atoms with van der Waals surface area (Å²) in [4.78, 5) is 14.4. The van der Waals surface area contributed by atoms with Crippen LogP contribution in [0.4, 0.5) is 0 Å². The summed E-state index contributed by atoms with van der Waals surface area (Å²) < 4.78 is 57.7. The summed E-state index contributed by atoms with van der Waals surface area (Å²) in [6, 6.07) is 9.67. The second-order valence-corrected chi connectivity index (χ2v) is 6.46. The highest BCUT2D eigenvalue weighted by Gasteiger charge is 2.18. The zero-order valence-electron chi connectivity index (χ0n) is 12.8. The summed E-state index contributed by atoms with van der Waals surface area (Å²) in [5.41, 5.74) is 1.04. The number of carboxylic acids is 1. The third kappa shape index (κ3) is 6.34. The molecule has 0 bridgehead atoms. The van der Waals surface area contributed by atoms with Crippen molar-refractivity contribution in [2.75, 3.05) is 0 Å². The standard InChI is InChI=1S/C14H12O7S.O3S/c15-14(16)11-4-2-10(3-5-11)12-6-1-9(8-21-17)7-13(12)22(18,19)20;1-4(2)3/h1-7,17H,8H2,(H,15,16)(H,18,19,20);. The fourth-order valence-corrected chi connectivity index (χ4v) is 2.74. The van der Waals surface area contributed by atoms with Crippen LogP contribution in [0.25, 0.3) is 11.1 Å². The first kappa shape index (κ1) is 21.4. The molecule has 26 heavy (non-hydrogen) atoms. The average Bonchev–Trinajstić information content (AvgIpc) is 2.54. The number of carboxylic acid groups (broad SMARTS) is 1. The SMILES string of the molecule is O=C(O)c1ccc(-c2ccc(COO)cc2S(=O)(=O)O)cc1.O=S(=O)=O. The Balaban J connectivity index is 0.000000765. The van der Waals surface area contributed by atoms with Crippen molar-refractivity contribution in [2.45, 2.75) is 11.5 Å². The number of rotatable bonds is 5. The predicted octanol–water partition coefficient (Wildman–Crippen LogP) is 1.28. The number of benzene rings is 2. The zero-order chi connectivity index (χ0) is 19.9. The highest BCUT2D eigenvalue weighted by molar-refractivity contribution is 7.86. The lowest BCUT2D eigenvalue weighted by Gasteiger charge is -2.10. The van der Waals surface area contributed by atoms with Crippen LogP contribution in [-0.2, 0) is 32.2 Å². The van der Waals surface area contributed by atoms with Crippen LogP contribution >= 0.6 is 0 Å². The summed E-state index contributed by atoms with van der Waals surface area (Å²) in [7, 11) is -7.61. The molecule has 2 aromatic rings. The molecule has 0 aromatic heterocycles. The van der Waals surface area contributed by atoms with Gasteiger partial charge < -0.3 is 5.11 Å².